The van der Waals surface area contributed by atoms with Crippen molar-refractivity contribution < 1.29 is 19.0 Å². The number of carbonyl (C=O) groups is 1. The second kappa shape index (κ2) is 8.40. The highest BCUT2D eigenvalue weighted by molar-refractivity contribution is 6.30. The maximum atomic E-state index is 13.9. The Kier molecular flexibility index (Phi) is 5.66. The summed E-state index contributed by atoms with van der Waals surface area (Å²) < 4.78 is 19.7. The standard InChI is InChI=1S/C26H20ClFO3/c1-15-11-21(31-20-8-4-18(27)5-9-20)7-3-17(15)12-23-16(2)24(14-26(29)30)25-13-19(28)6-10-22(23)25/h3-13H,14H2,1-2H3,(H,29,30)/b23-12-. The monoisotopic (exact) mass is 434 g/mol. The molecular formula is C26H20ClFO3. The molecule has 0 saturated carbocycles. The molecule has 0 saturated heterocycles. The number of carboxylic acid groups (broad SMARTS) is 1. The van der Waals surface area contributed by atoms with Gasteiger partial charge in [0.25, 0.3) is 0 Å². The zero-order chi connectivity index (χ0) is 22.1. The predicted octanol–water partition coefficient (Wildman–Crippen LogP) is 7.38. The molecule has 1 aliphatic rings. The fourth-order valence-electron chi connectivity index (χ4n) is 3.80. The Labute approximate surface area is 185 Å². The fourth-order valence-corrected chi connectivity index (χ4v) is 3.93. The van der Waals surface area contributed by atoms with E-state index in [1.807, 2.05) is 38.1 Å². The van der Waals surface area contributed by atoms with Gasteiger partial charge in [-0.2, -0.15) is 0 Å². The molecule has 0 aromatic heterocycles. The molecule has 5 heteroatoms. The Balaban J connectivity index is 1.70. The summed E-state index contributed by atoms with van der Waals surface area (Å²) in [5.41, 5.74) is 5.87. The molecule has 0 radical (unpaired) electrons. The van der Waals surface area contributed by atoms with E-state index in [1.165, 1.54) is 12.1 Å². The van der Waals surface area contributed by atoms with Gasteiger partial charge in [-0.15, -0.1) is 0 Å². The molecule has 0 aliphatic heterocycles. The van der Waals surface area contributed by atoms with Crippen LogP contribution in [0.5, 0.6) is 11.5 Å². The van der Waals surface area contributed by atoms with Crippen LogP contribution in [-0.4, -0.2) is 11.1 Å². The Morgan fingerprint density at radius 2 is 1.71 bits per heavy atom. The first kappa shape index (κ1) is 20.9. The first-order valence-corrected chi connectivity index (χ1v) is 10.2. The quantitative estimate of drug-likeness (QED) is 0.455. The van der Waals surface area contributed by atoms with Crippen LogP contribution in [0.2, 0.25) is 5.02 Å². The third kappa shape index (κ3) is 4.39. The lowest BCUT2D eigenvalue weighted by Gasteiger charge is -2.10. The number of rotatable bonds is 5. The molecule has 0 bridgehead atoms. The van der Waals surface area contributed by atoms with E-state index in [-0.39, 0.29) is 12.2 Å². The van der Waals surface area contributed by atoms with Crippen molar-refractivity contribution in [1.29, 1.82) is 0 Å². The number of aliphatic carboxylic acids is 1. The molecule has 3 aromatic rings. The van der Waals surface area contributed by atoms with Gasteiger partial charge < -0.3 is 9.84 Å². The van der Waals surface area contributed by atoms with Crippen molar-refractivity contribution in [3.8, 4) is 11.5 Å². The second-order valence-electron chi connectivity index (χ2n) is 7.50. The molecule has 1 aliphatic carbocycles. The van der Waals surface area contributed by atoms with E-state index >= 15 is 0 Å². The fraction of sp³-hybridized carbons (Fsp3) is 0.115. The summed E-state index contributed by atoms with van der Waals surface area (Å²) in [6, 6.07) is 17.5. The van der Waals surface area contributed by atoms with Crippen molar-refractivity contribution >= 4 is 34.8 Å². The molecule has 1 N–H and O–H groups in total. The number of benzene rings is 3. The first-order valence-electron chi connectivity index (χ1n) is 9.80. The Bertz CT molecular complexity index is 1240. The van der Waals surface area contributed by atoms with Crippen LogP contribution < -0.4 is 4.74 Å². The van der Waals surface area contributed by atoms with Crippen molar-refractivity contribution in [2.75, 3.05) is 0 Å². The maximum absolute atomic E-state index is 13.9. The number of allylic oxidation sites excluding steroid dienone is 2. The van der Waals surface area contributed by atoms with Gasteiger partial charge in [0.2, 0.25) is 0 Å². The summed E-state index contributed by atoms with van der Waals surface area (Å²) in [4.78, 5) is 11.4. The molecule has 0 amide bonds. The molecule has 4 rings (SSSR count). The van der Waals surface area contributed by atoms with E-state index in [2.05, 4.69) is 0 Å². The summed E-state index contributed by atoms with van der Waals surface area (Å²) in [6.07, 6.45) is 1.87. The van der Waals surface area contributed by atoms with Gasteiger partial charge in [-0.3, -0.25) is 4.79 Å². The van der Waals surface area contributed by atoms with Gasteiger partial charge in [0.15, 0.2) is 0 Å². The van der Waals surface area contributed by atoms with Gasteiger partial charge in [-0.1, -0.05) is 23.7 Å². The van der Waals surface area contributed by atoms with Crippen molar-refractivity contribution in [2.24, 2.45) is 0 Å². The minimum absolute atomic E-state index is 0.146. The van der Waals surface area contributed by atoms with Gasteiger partial charge in [-0.25, -0.2) is 4.39 Å². The van der Waals surface area contributed by atoms with Crippen LogP contribution in [-0.2, 0) is 4.79 Å². The molecule has 0 spiro atoms. The predicted molar refractivity (Wildman–Crippen MR) is 122 cm³/mol. The number of halogens is 2. The highest BCUT2D eigenvalue weighted by atomic mass is 35.5. The number of fused-ring (bicyclic) bond motifs is 1. The third-order valence-electron chi connectivity index (χ3n) is 5.37. The summed E-state index contributed by atoms with van der Waals surface area (Å²) >= 11 is 5.92. The van der Waals surface area contributed by atoms with Crippen LogP contribution in [0.15, 0.2) is 66.2 Å². The molecule has 0 heterocycles. The van der Waals surface area contributed by atoms with Crippen LogP contribution in [0.1, 0.15) is 35.6 Å². The average Bonchev–Trinajstić information content (AvgIpc) is 2.96. The largest absolute Gasteiger partial charge is 0.481 e. The van der Waals surface area contributed by atoms with Gasteiger partial charge in [0.05, 0.1) is 6.42 Å². The zero-order valence-electron chi connectivity index (χ0n) is 17.1. The molecular weight excluding hydrogens is 415 g/mol. The molecule has 0 atom stereocenters. The highest BCUT2D eigenvalue weighted by Gasteiger charge is 2.25. The minimum atomic E-state index is -0.939. The lowest BCUT2D eigenvalue weighted by atomic mass is 9.98. The highest BCUT2D eigenvalue weighted by Crippen LogP contribution is 2.44. The van der Waals surface area contributed by atoms with E-state index in [9.17, 15) is 14.3 Å². The smallest absolute Gasteiger partial charge is 0.307 e. The lowest BCUT2D eigenvalue weighted by Crippen LogP contribution is -1.97. The summed E-state index contributed by atoms with van der Waals surface area (Å²) in [6.45, 7) is 3.87. The van der Waals surface area contributed by atoms with Gasteiger partial charge in [0, 0.05) is 5.02 Å². The lowest BCUT2D eigenvalue weighted by molar-refractivity contribution is -0.135. The molecule has 3 nitrogen and oxygen atoms in total. The van der Waals surface area contributed by atoms with Crippen LogP contribution in [0.4, 0.5) is 4.39 Å². The van der Waals surface area contributed by atoms with Crippen LogP contribution in [0.25, 0.3) is 17.2 Å². The summed E-state index contributed by atoms with van der Waals surface area (Å²) in [5, 5.41) is 9.95. The molecule has 0 unspecified atom stereocenters. The number of hydrogen-bond donors (Lipinski definition) is 1. The molecule has 3 aromatic carbocycles. The SMILES string of the molecule is CC1=C(CC(=O)O)c2cc(F)ccc2/C1=C\c1ccc(Oc2ccc(Cl)cc2)cc1C. The Morgan fingerprint density at radius 3 is 2.39 bits per heavy atom. The maximum Gasteiger partial charge on any atom is 0.307 e. The van der Waals surface area contributed by atoms with Crippen molar-refractivity contribution in [1.82, 2.24) is 0 Å². The minimum Gasteiger partial charge on any atom is -0.481 e. The van der Waals surface area contributed by atoms with Gasteiger partial charge >= 0.3 is 5.97 Å². The molecule has 156 valence electrons. The first-order chi connectivity index (χ1) is 14.8. The molecule has 31 heavy (non-hydrogen) atoms. The zero-order valence-corrected chi connectivity index (χ0v) is 17.8. The topological polar surface area (TPSA) is 46.5 Å². The van der Waals surface area contributed by atoms with E-state index in [0.29, 0.717) is 27.7 Å². The van der Waals surface area contributed by atoms with Gasteiger partial charge in [0.1, 0.15) is 17.3 Å². The Hall–Kier alpha value is -3.37. The van der Waals surface area contributed by atoms with Gasteiger partial charge in [-0.05, 0) is 107 Å². The summed E-state index contributed by atoms with van der Waals surface area (Å²) in [5.74, 6) is 0.0784. The summed E-state index contributed by atoms with van der Waals surface area (Å²) in [7, 11) is 0. The molecule has 0 fully saturated rings. The number of carboxylic acids is 1. The normalized spacial score (nSPS) is 14.1. The van der Waals surface area contributed by atoms with Crippen molar-refractivity contribution in [3.05, 3.63) is 99.3 Å². The van der Waals surface area contributed by atoms with E-state index < -0.39 is 5.97 Å². The van der Waals surface area contributed by atoms with E-state index in [1.54, 1.807) is 30.3 Å². The van der Waals surface area contributed by atoms with Crippen molar-refractivity contribution in [3.63, 3.8) is 0 Å². The number of ether oxygens (including phenoxy) is 1. The number of aryl methyl sites for hydroxylation is 1. The van der Waals surface area contributed by atoms with Crippen LogP contribution in [0, 0.1) is 12.7 Å². The second-order valence-corrected chi connectivity index (χ2v) is 7.93. The number of hydrogen-bond acceptors (Lipinski definition) is 2. The Morgan fingerprint density at radius 1 is 1.00 bits per heavy atom. The van der Waals surface area contributed by atoms with Crippen LogP contribution >= 0.6 is 11.6 Å². The van der Waals surface area contributed by atoms with E-state index in [0.717, 1.165) is 27.8 Å². The van der Waals surface area contributed by atoms with E-state index in [4.69, 9.17) is 16.3 Å². The third-order valence-corrected chi connectivity index (χ3v) is 5.62. The average molecular weight is 435 g/mol. The van der Waals surface area contributed by atoms with Crippen molar-refractivity contribution in [2.45, 2.75) is 20.3 Å². The van der Waals surface area contributed by atoms with Crippen LogP contribution in [0.3, 0.4) is 0 Å².